The maximum Gasteiger partial charge on any atom is 0.234 e. The lowest BCUT2D eigenvalue weighted by molar-refractivity contribution is -0.113. The van der Waals surface area contributed by atoms with E-state index >= 15 is 0 Å². The Balaban J connectivity index is 1.44. The number of carbonyl (C=O) groups excluding carboxylic acids is 1. The van der Waals surface area contributed by atoms with E-state index in [0.717, 1.165) is 38.9 Å². The molecule has 0 radical (unpaired) electrons. The Morgan fingerprint density at radius 1 is 1.00 bits per heavy atom. The summed E-state index contributed by atoms with van der Waals surface area (Å²) >= 11 is 1.39. The van der Waals surface area contributed by atoms with Crippen molar-refractivity contribution in [3.05, 3.63) is 90.0 Å². The summed E-state index contributed by atoms with van der Waals surface area (Å²) in [5.74, 6) is 2.80. The van der Waals surface area contributed by atoms with Gasteiger partial charge in [-0.1, -0.05) is 48.2 Å². The number of hydrogen-bond acceptors (Lipinski definition) is 6. The van der Waals surface area contributed by atoms with Gasteiger partial charge in [-0.25, -0.2) is 4.98 Å². The Morgan fingerprint density at radius 3 is 2.56 bits per heavy atom. The van der Waals surface area contributed by atoms with E-state index in [9.17, 15) is 4.79 Å². The van der Waals surface area contributed by atoms with Gasteiger partial charge in [0.05, 0.1) is 17.9 Å². The number of rotatable bonds is 7. The fourth-order valence-corrected chi connectivity index (χ4v) is 4.52. The second-order valence-corrected chi connectivity index (χ2v) is 8.65. The zero-order chi connectivity index (χ0) is 23.3. The van der Waals surface area contributed by atoms with Crippen LogP contribution >= 0.6 is 11.8 Å². The fourth-order valence-electron chi connectivity index (χ4n) is 3.69. The molecular weight excluding hydrogens is 446 g/mol. The Labute approximate surface area is 202 Å². The minimum absolute atomic E-state index is 0.0942. The third-order valence-corrected chi connectivity index (χ3v) is 6.32. The van der Waals surface area contributed by atoms with E-state index in [0.29, 0.717) is 24.7 Å². The number of benzene rings is 3. The van der Waals surface area contributed by atoms with Crippen LogP contribution in [-0.2, 0) is 11.2 Å². The van der Waals surface area contributed by atoms with Gasteiger partial charge >= 0.3 is 0 Å². The molecule has 0 fully saturated rings. The number of carbonyl (C=O) groups is 1. The number of fused-ring (bicyclic) bond motifs is 2. The number of hydrogen-bond donors (Lipinski definition) is 1. The topological polar surface area (TPSA) is 73.3 Å². The van der Waals surface area contributed by atoms with Crippen LogP contribution in [0.3, 0.4) is 0 Å². The molecule has 7 heteroatoms. The number of nitrogens with zero attached hydrogens (tertiary/aromatic N) is 2. The maximum atomic E-state index is 12.6. The molecule has 1 amide bonds. The average Bonchev–Trinajstić information content (AvgIpc) is 2.87. The van der Waals surface area contributed by atoms with Crippen molar-refractivity contribution in [1.82, 2.24) is 9.97 Å². The molecule has 0 saturated heterocycles. The Morgan fingerprint density at radius 2 is 1.76 bits per heavy atom. The molecule has 0 bridgehead atoms. The van der Waals surface area contributed by atoms with E-state index in [2.05, 4.69) is 5.32 Å². The summed E-state index contributed by atoms with van der Waals surface area (Å²) in [6, 6.07) is 25.0. The standard InChI is InChI=1S/C27H23N3O3S/c1-2-32-21-14-12-18(13-15-21)25-29-26-22(16-19-8-6-7-11-23(19)33-26)27(30-25)34-17-24(31)28-20-9-4-3-5-10-20/h3-15H,2,16-17H2,1H3,(H,28,31). The molecule has 5 rings (SSSR count). The molecule has 1 aliphatic rings. The van der Waals surface area contributed by atoms with Gasteiger partial charge in [-0.15, -0.1) is 0 Å². The Bertz CT molecular complexity index is 1310. The van der Waals surface area contributed by atoms with Gasteiger partial charge in [-0.05, 0) is 55.0 Å². The van der Waals surface area contributed by atoms with Crippen LogP contribution in [0.15, 0.2) is 83.9 Å². The molecule has 4 aromatic rings. The number of para-hydroxylation sites is 2. The lowest BCUT2D eigenvalue weighted by atomic mass is 10.0. The summed E-state index contributed by atoms with van der Waals surface area (Å²) in [4.78, 5) is 22.1. The summed E-state index contributed by atoms with van der Waals surface area (Å²) in [5, 5.41) is 3.67. The summed E-state index contributed by atoms with van der Waals surface area (Å²) in [6.45, 7) is 2.56. The predicted octanol–water partition coefficient (Wildman–Crippen LogP) is 5.97. The van der Waals surface area contributed by atoms with Gasteiger partial charge in [-0.3, -0.25) is 4.79 Å². The molecule has 1 aliphatic heterocycles. The second-order valence-electron chi connectivity index (χ2n) is 7.68. The van der Waals surface area contributed by atoms with Crippen LogP contribution in [0, 0.1) is 0 Å². The highest BCUT2D eigenvalue weighted by atomic mass is 32.2. The van der Waals surface area contributed by atoms with E-state index in [1.807, 2.05) is 85.8 Å². The fraction of sp³-hybridized carbons (Fsp3) is 0.148. The van der Waals surface area contributed by atoms with Crippen molar-refractivity contribution < 1.29 is 14.3 Å². The number of amides is 1. The van der Waals surface area contributed by atoms with Gasteiger partial charge in [0, 0.05) is 17.7 Å². The minimum atomic E-state index is -0.0942. The van der Waals surface area contributed by atoms with Gasteiger partial charge in [0.1, 0.15) is 16.5 Å². The molecule has 34 heavy (non-hydrogen) atoms. The normalized spacial score (nSPS) is 11.7. The maximum absolute atomic E-state index is 12.6. The zero-order valence-corrected chi connectivity index (χ0v) is 19.5. The first-order valence-corrected chi connectivity index (χ1v) is 12.1. The molecule has 170 valence electrons. The monoisotopic (exact) mass is 469 g/mol. The molecule has 6 nitrogen and oxygen atoms in total. The van der Waals surface area contributed by atoms with Gasteiger partial charge < -0.3 is 14.8 Å². The SMILES string of the molecule is CCOc1ccc(-c2nc3c(c(SCC(=O)Nc4ccccc4)n2)Cc2ccccc2O3)cc1. The van der Waals surface area contributed by atoms with Crippen LogP contribution in [0.1, 0.15) is 18.1 Å². The van der Waals surface area contributed by atoms with Gasteiger partial charge in [0.15, 0.2) is 5.82 Å². The van der Waals surface area contributed by atoms with E-state index in [1.54, 1.807) is 0 Å². The molecule has 1 N–H and O–H groups in total. The van der Waals surface area contributed by atoms with Crippen LogP contribution in [0.5, 0.6) is 17.4 Å². The minimum Gasteiger partial charge on any atom is -0.494 e. The van der Waals surface area contributed by atoms with Gasteiger partial charge in [0.25, 0.3) is 0 Å². The number of anilines is 1. The van der Waals surface area contributed by atoms with Crippen LogP contribution < -0.4 is 14.8 Å². The first kappa shape index (κ1) is 22.0. The van der Waals surface area contributed by atoms with Crippen molar-refractivity contribution in [3.63, 3.8) is 0 Å². The van der Waals surface area contributed by atoms with Crippen LogP contribution in [0.2, 0.25) is 0 Å². The van der Waals surface area contributed by atoms with E-state index in [1.165, 1.54) is 11.8 Å². The highest BCUT2D eigenvalue weighted by Crippen LogP contribution is 2.40. The second kappa shape index (κ2) is 9.97. The van der Waals surface area contributed by atoms with Crippen molar-refractivity contribution >= 4 is 23.4 Å². The van der Waals surface area contributed by atoms with Crippen LogP contribution in [0.25, 0.3) is 11.4 Å². The smallest absolute Gasteiger partial charge is 0.234 e. The largest absolute Gasteiger partial charge is 0.494 e. The first-order chi connectivity index (χ1) is 16.7. The van der Waals surface area contributed by atoms with Crippen molar-refractivity contribution in [2.45, 2.75) is 18.4 Å². The molecule has 0 atom stereocenters. The van der Waals surface area contributed by atoms with Crippen molar-refractivity contribution in [3.8, 4) is 28.8 Å². The molecule has 3 aromatic carbocycles. The highest BCUT2D eigenvalue weighted by molar-refractivity contribution is 8.00. The first-order valence-electron chi connectivity index (χ1n) is 11.1. The number of ether oxygens (including phenoxy) is 2. The third-order valence-electron chi connectivity index (χ3n) is 5.30. The number of nitrogens with one attached hydrogen (secondary N) is 1. The quantitative estimate of drug-likeness (QED) is 0.234. The predicted molar refractivity (Wildman–Crippen MR) is 134 cm³/mol. The lowest BCUT2D eigenvalue weighted by Gasteiger charge is -2.21. The molecule has 0 aliphatic carbocycles. The average molecular weight is 470 g/mol. The van der Waals surface area contributed by atoms with Crippen LogP contribution in [0.4, 0.5) is 5.69 Å². The summed E-state index contributed by atoms with van der Waals surface area (Å²) < 4.78 is 11.7. The number of thioether (sulfide) groups is 1. The van der Waals surface area contributed by atoms with E-state index < -0.39 is 0 Å². The summed E-state index contributed by atoms with van der Waals surface area (Å²) in [7, 11) is 0. The van der Waals surface area contributed by atoms with Crippen molar-refractivity contribution in [2.24, 2.45) is 0 Å². The number of aromatic nitrogens is 2. The molecule has 1 aromatic heterocycles. The molecule has 0 saturated carbocycles. The Kier molecular flexibility index (Phi) is 6.44. The van der Waals surface area contributed by atoms with Gasteiger partial charge in [-0.2, -0.15) is 4.98 Å². The molecule has 2 heterocycles. The van der Waals surface area contributed by atoms with Crippen LogP contribution in [-0.4, -0.2) is 28.2 Å². The lowest BCUT2D eigenvalue weighted by Crippen LogP contribution is -2.15. The van der Waals surface area contributed by atoms with E-state index in [4.69, 9.17) is 19.4 Å². The van der Waals surface area contributed by atoms with Crippen molar-refractivity contribution in [1.29, 1.82) is 0 Å². The summed E-state index contributed by atoms with van der Waals surface area (Å²) in [6.07, 6.45) is 0.650. The van der Waals surface area contributed by atoms with E-state index in [-0.39, 0.29) is 11.7 Å². The summed E-state index contributed by atoms with van der Waals surface area (Å²) in [5.41, 5.74) is 3.59. The molecule has 0 spiro atoms. The molecule has 0 unspecified atom stereocenters. The third kappa shape index (κ3) is 4.89. The zero-order valence-electron chi connectivity index (χ0n) is 18.7. The van der Waals surface area contributed by atoms with Crippen molar-refractivity contribution in [2.75, 3.05) is 17.7 Å². The highest BCUT2D eigenvalue weighted by Gasteiger charge is 2.24. The Hall–Kier alpha value is -3.84. The van der Waals surface area contributed by atoms with Gasteiger partial charge in [0.2, 0.25) is 11.8 Å². The molecular formula is C27H23N3O3S.